The van der Waals surface area contributed by atoms with Gasteiger partial charge in [-0.25, -0.2) is 0 Å². The van der Waals surface area contributed by atoms with Crippen molar-refractivity contribution in [2.45, 2.75) is 0 Å². The van der Waals surface area contributed by atoms with Gasteiger partial charge in [-0.1, -0.05) is 11.8 Å². The summed E-state index contributed by atoms with van der Waals surface area (Å²) in [6, 6.07) is 3.73. The Labute approximate surface area is 111 Å². The largest absolute Gasteiger partial charge is 0.493 e. The average Bonchev–Trinajstić information content (AvgIpc) is 2.90. The first-order chi connectivity index (χ1) is 8.78. The molecule has 2 rings (SSSR count). The van der Waals surface area contributed by atoms with Crippen molar-refractivity contribution in [3.05, 3.63) is 12.1 Å². The third kappa shape index (κ3) is 2.64. The lowest BCUT2D eigenvalue weighted by atomic mass is 10.2. The van der Waals surface area contributed by atoms with E-state index in [-0.39, 0.29) is 0 Å². The van der Waals surface area contributed by atoms with Crippen molar-refractivity contribution in [1.82, 2.24) is 0 Å². The zero-order valence-electron chi connectivity index (χ0n) is 10.6. The van der Waals surface area contributed by atoms with E-state index in [0.717, 1.165) is 23.2 Å². The quantitative estimate of drug-likeness (QED) is 0.907. The Morgan fingerprint density at radius 2 is 1.78 bits per heavy atom. The lowest BCUT2D eigenvalue weighted by molar-refractivity contribution is 0.324. The molecule has 5 nitrogen and oxygen atoms in total. The van der Waals surface area contributed by atoms with Gasteiger partial charge in [-0.3, -0.25) is 4.99 Å². The normalized spacial score (nSPS) is 14.1. The Morgan fingerprint density at radius 3 is 2.22 bits per heavy atom. The molecule has 18 heavy (non-hydrogen) atoms. The van der Waals surface area contributed by atoms with E-state index in [2.05, 4.69) is 10.3 Å². The summed E-state index contributed by atoms with van der Waals surface area (Å²) in [6.45, 7) is 0.859. The smallest absolute Gasteiger partial charge is 0.203 e. The number of nitrogens with zero attached hydrogens (tertiary/aromatic N) is 1. The predicted octanol–water partition coefficient (Wildman–Crippen LogP) is 2.23. The molecule has 98 valence electrons. The van der Waals surface area contributed by atoms with E-state index in [1.807, 2.05) is 12.1 Å². The molecule has 0 aliphatic carbocycles. The van der Waals surface area contributed by atoms with E-state index < -0.39 is 0 Å². The van der Waals surface area contributed by atoms with Crippen LogP contribution >= 0.6 is 11.8 Å². The van der Waals surface area contributed by atoms with Crippen molar-refractivity contribution in [2.75, 3.05) is 38.9 Å². The maximum absolute atomic E-state index is 5.29. The molecule has 0 spiro atoms. The van der Waals surface area contributed by atoms with Crippen molar-refractivity contribution in [3.63, 3.8) is 0 Å². The van der Waals surface area contributed by atoms with Crippen LogP contribution in [0.4, 0.5) is 5.69 Å². The minimum atomic E-state index is 0.589. The fourth-order valence-electron chi connectivity index (χ4n) is 1.69. The highest BCUT2D eigenvalue weighted by Gasteiger charge is 2.15. The highest BCUT2D eigenvalue weighted by molar-refractivity contribution is 8.14. The summed E-state index contributed by atoms with van der Waals surface area (Å²) in [5.41, 5.74) is 0.873. The zero-order valence-corrected chi connectivity index (χ0v) is 11.5. The Bertz CT molecular complexity index is 438. The van der Waals surface area contributed by atoms with E-state index in [1.54, 1.807) is 33.1 Å². The fraction of sp³-hybridized carbons (Fsp3) is 0.417. The lowest BCUT2D eigenvalue weighted by Crippen LogP contribution is -2.06. The number of aliphatic imine (C=N–C) groups is 1. The summed E-state index contributed by atoms with van der Waals surface area (Å²) < 4.78 is 15.9. The minimum Gasteiger partial charge on any atom is -0.493 e. The number of ether oxygens (including phenoxy) is 3. The van der Waals surface area contributed by atoms with Gasteiger partial charge in [-0.2, -0.15) is 0 Å². The first-order valence-electron chi connectivity index (χ1n) is 5.52. The fourth-order valence-corrected chi connectivity index (χ4v) is 2.44. The number of amidine groups is 1. The van der Waals surface area contributed by atoms with Crippen LogP contribution < -0.4 is 19.5 Å². The molecule has 0 fully saturated rings. The van der Waals surface area contributed by atoms with E-state index in [0.29, 0.717) is 17.2 Å². The van der Waals surface area contributed by atoms with Crippen molar-refractivity contribution in [3.8, 4) is 17.2 Å². The topological polar surface area (TPSA) is 52.1 Å². The summed E-state index contributed by atoms with van der Waals surface area (Å²) in [5, 5.41) is 4.16. The standard InChI is InChI=1S/C12H16N2O3S/c1-15-9-6-8(14-12-13-4-5-18-12)7-10(16-2)11(9)17-3/h6-7H,4-5H2,1-3H3,(H,13,14). The van der Waals surface area contributed by atoms with Crippen LogP contribution in [-0.4, -0.2) is 38.8 Å². The second-order valence-electron chi connectivity index (χ2n) is 3.57. The molecule has 0 unspecified atom stereocenters. The lowest BCUT2D eigenvalue weighted by Gasteiger charge is -2.14. The third-order valence-electron chi connectivity index (χ3n) is 2.50. The first-order valence-corrected chi connectivity index (χ1v) is 6.51. The Balaban J connectivity index is 2.30. The molecule has 0 saturated carbocycles. The molecule has 1 aliphatic rings. The zero-order chi connectivity index (χ0) is 13.0. The molecular weight excluding hydrogens is 252 g/mol. The van der Waals surface area contributed by atoms with Crippen LogP contribution in [-0.2, 0) is 0 Å². The monoisotopic (exact) mass is 268 g/mol. The van der Waals surface area contributed by atoms with Gasteiger partial charge in [0, 0.05) is 23.6 Å². The number of hydrogen-bond acceptors (Lipinski definition) is 6. The second-order valence-corrected chi connectivity index (χ2v) is 4.66. The first kappa shape index (κ1) is 12.9. The van der Waals surface area contributed by atoms with Crippen LogP contribution in [0.15, 0.2) is 17.1 Å². The average molecular weight is 268 g/mol. The summed E-state index contributed by atoms with van der Waals surface area (Å²) in [5.74, 6) is 2.87. The molecule has 0 bridgehead atoms. The van der Waals surface area contributed by atoms with Gasteiger partial charge in [0.2, 0.25) is 5.75 Å². The maximum Gasteiger partial charge on any atom is 0.203 e. The number of thioether (sulfide) groups is 1. The third-order valence-corrected chi connectivity index (χ3v) is 3.39. The van der Waals surface area contributed by atoms with Crippen molar-refractivity contribution in [2.24, 2.45) is 4.99 Å². The van der Waals surface area contributed by atoms with Gasteiger partial charge in [-0.15, -0.1) is 0 Å². The van der Waals surface area contributed by atoms with E-state index in [9.17, 15) is 0 Å². The van der Waals surface area contributed by atoms with Crippen LogP contribution in [0.1, 0.15) is 0 Å². The minimum absolute atomic E-state index is 0.589. The van der Waals surface area contributed by atoms with E-state index in [1.165, 1.54) is 0 Å². The van der Waals surface area contributed by atoms with Gasteiger partial charge in [0.1, 0.15) is 0 Å². The van der Waals surface area contributed by atoms with E-state index in [4.69, 9.17) is 14.2 Å². The molecule has 1 aromatic rings. The van der Waals surface area contributed by atoms with Gasteiger partial charge in [0.05, 0.1) is 27.9 Å². The van der Waals surface area contributed by atoms with Gasteiger partial charge < -0.3 is 19.5 Å². The van der Waals surface area contributed by atoms with Crippen LogP contribution in [0.25, 0.3) is 0 Å². The molecule has 0 atom stereocenters. The maximum atomic E-state index is 5.29. The molecule has 0 radical (unpaired) electrons. The molecule has 0 amide bonds. The van der Waals surface area contributed by atoms with Gasteiger partial charge >= 0.3 is 0 Å². The number of hydrogen-bond donors (Lipinski definition) is 1. The molecule has 6 heteroatoms. The summed E-state index contributed by atoms with van der Waals surface area (Å²) in [6.07, 6.45) is 0. The SMILES string of the molecule is COc1cc(NC2=NCCS2)cc(OC)c1OC. The van der Waals surface area contributed by atoms with Crippen molar-refractivity contribution >= 4 is 22.6 Å². The number of anilines is 1. The molecule has 1 N–H and O–H groups in total. The van der Waals surface area contributed by atoms with Crippen molar-refractivity contribution in [1.29, 1.82) is 0 Å². The molecule has 0 aromatic heterocycles. The Hall–Kier alpha value is -1.56. The molecular formula is C12H16N2O3S. The van der Waals surface area contributed by atoms with E-state index >= 15 is 0 Å². The number of benzene rings is 1. The molecule has 0 saturated heterocycles. The summed E-state index contributed by atoms with van der Waals surface area (Å²) in [7, 11) is 4.79. The number of rotatable bonds is 4. The summed E-state index contributed by atoms with van der Waals surface area (Å²) >= 11 is 1.70. The van der Waals surface area contributed by atoms with Crippen LogP contribution in [0, 0.1) is 0 Å². The second kappa shape index (κ2) is 5.86. The van der Waals surface area contributed by atoms with Gasteiger partial charge in [0.25, 0.3) is 0 Å². The van der Waals surface area contributed by atoms with Crippen LogP contribution in [0.2, 0.25) is 0 Å². The van der Waals surface area contributed by atoms with Gasteiger partial charge in [0.15, 0.2) is 16.7 Å². The Kier molecular flexibility index (Phi) is 4.19. The summed E-state index contributed by atoms with van der Waals surface area (Å²) in [4.78, 5) is 4.34. The highest BCUT2D eigenvalue weighted by Crippen LogP contribution is 2.40. The van der Waals surface area contributed by atoms with Crippen molar-refractivity contribution < 1.29 is 14.2 Å². The number of nitrogens with one attached hydrogen (secondary N) is 1. The molecule has 1 aliphatic heterocycles. The predicted molar refractivity (Wildman–Crippen MR) is 74.5 cm³/mol. The van der Waals surface area contributed by atoms with Crippen LogP contribution in [0.5, 0.6) is 17.2 Å². The number of methoxy groups -OCH3 is 3. The van der Waals surface area contributed by atoms with Crippen LogP contribution in [0.3, 0.4) is 0 Å². The molecule has 1 heterocycles. The van der Waals surface area contributed by atoms with Gasteiger partial charge in [-0.05, 0) is 0 Å². The Morgan fingerprint density at radius 1 is 1.11 bits per heavy atom. The molecule has 1 aromatic carbocycles. The highest BCUT2D eigenvalue weighted by atomic mass is 32.2.